The highest BCUT2D eigenvalue weighted by molar-refractivity contribution is 5.77. The van der Waals surface area contributed by atoms with Crippen LogP contribution in [0.3, 0.4) is 0 Å². The summed E-state index contributed by atoms with van der Waals surface area (Å²) >= 11 is 0. The van der Waals surface area contributed by atoms with Gasteiger partial charge in [0.05, 0.1) is 40.3 Å². The standard InChI is InChI=1S/C25H37N2O2/c1-18-10-22(25-14-19-11-20(15-25)13-21(12-19)16-25)4-5-23(18)29-17-24(28)26-6-8-27(2,3)9-7-26/h4-5,10,19-21H,6-9,11-17H2,1-3H3/q+1. The lowest BCUT2D eigenvalue weighted by Crippen LogP contribution is -2.56. The Hall–Kier alpha value is -1.55. The summed E-state index contributed by atoms with van der Waals surface area (Å²) in [6.45, 7) is 6.00. The second kappa shape index (κ2) is 7.01. The molecule has 1 saturated heterocycles. The molecule has 5 fully saturated rings. The summed E-state index contributed by atoms with van der Waals surface area (Å²) in [6.07, 6.45) is 8.61. The molecule has 1 heterocycles. The van der Waals surface area contributed by atoms with Crippen molar-refractivity contribution in [1.29, 1.82) is 0 Å². The van der Waals surface area contributed by atoms with E-state index in [1.165, 1.54) is 49.7 Å². The number of piperazine rings is 1. The quantitative estimate of drug-likeness (QED) is 0.724. The molecule has 4 saturated carbocycles. The van der Waals surface area contributed by atoms with Crippen LogP contribution in [0.5, 0.6) is 5.75 Å². The largest absolute Gasteiger partial charge is 0.484 e. The van der Waals surface area contributed by atoms with Crippen LogP contribution in [0.1, 0.15) is 49.7 Å². The predicted molar refractivity (Wildman–Crippen MR) is 115 cm³/mol. The van der Waals surface area contributed by atoms with Crippen LogP contribution in [-0.4, -0.2) is 62.2 Å². The van der Waals surface area contributed by atoms with Gasteiger partial charge in [0.15, 0.2) is 6.61 Å². The molecular weight excluding hydrogens is 360 g/mol. The van der Waals surface area contributed by atoms with E-state index < -0.39 is 0 Å². The van der Waals surface area contributed by atoms with E-state index in [1.807, 2.05) is 4.90 Å². The zero-order chi connectivity index (χ0) is 20.2. The highest BCUT2D eigenvalue weighted by Crippen LogP contribution is 2.60. The maximum atomic E-state index is 12.6. The van der Waals surface area contributed by atoms with Gasteiger partial charge in [-0.1, -0.05) is 12.1 Å². The second-order valence-corrected chi connectivity index (χ2v) is 11.2. The van der Waals surface area contributed by atoms with Crippen LogP contribution in [0.15, 0.2) is 18.2 Å². The van der Waals surface area contributed by atoms with Crippen LogP contribution >= 0.6 is 0 Å². The first-order valence-electron chi connectivity index (χ1n) is 11.7. The maximum Gasteiger partial charge on any atom is 0.260 e. The van der Waals surface area contributed by atoms with Crippen LogP contribution in [0.4, 0.5) is 0 Å². The number of benzene rings is 1. The minimum Gasteiger partial charge on any atom is -0.484 e. The van der Waals surface area contributed by atoms with Gasteiger partial charge in [-0.15, -0.1) is 0 Å². The predicted octanol–water partition coefficient (Wildman–Crippen LogP) is 3.76. The Kier molecular flexibility index (Phi) is 4.69. The first-order chi connectivity index (χ1) is 13.8. The van der Waals surface area contributed by atoms with Crippen LogP contribution in [0.25, 0.3) is 0 Å². The molecule has 0 atom stereocenters. The van der Waals surface area contributed by atoms with Crippen molar-refractivity contribution in [2.45, 2.75) is 50.9 Å². The third-order valence-corrected chi connectivity index (χ3v) is 8.48. The van der Waals surface area contributed by atoms with Crippen molar-refractivity contribution < 1.29 is 14.0 Å². The Morgan fingerprint density at radius 1 is 1.07 bits per heavy atom. The summed E-state index contributed by atoms with van der Waals surface area (Å²) in [5, 5.41) is 0. The molecular formula is C25H37N2O2+. The fraction of sp³-hybridized carbons (Fsp3) is 0.720. The van der Waals surface area contributed by atoms with Gasteiger partial charge in [-0.05, 0) is 85.8 Å². The lowest BCUT2D eigenvalue weighted by atomic mass is 9.48. The van der Waals surface area contributed by atoms with Gasteiger partial charge < -0.3 is 14.1 Å². The number of aryl methyl sites for hydroxylation is 1. The minimum absolute atomic E-state index is 0.120. The van der Waals surface area contributed by atoms with Gasteiger partial charge in [-0.2, -0.15) is 0 Å². The van der Waals surface area contributed by atoms with Gasteiger partial charge in [0.1, 0.15) is 5.75 Å². The van der Waals surface area contributed by atoms with Crippen LogP contribution < -0.4 is 4.74 Å². The van der Waals surface area contributed by atoms with Crippen molar-refractivity contribution in [1.82, 2.24) is 4.90 Å². The molecule has 0 radical (unpaired) electrons. The number of carbonyl (C=O) groups excluding carboxylic acids is 1. The monoisotopic (exact) mass is 397 g/mol. The summed E-state index contributed by atoms with van der Waals surface area (Å²) in [4.78, 5) is 14.5. The van der Waals surface area contributed by atoms with Gasteiger partial charge in [-0.3, -0.25) is 4.79 Å². The van der Waals surface area contributed by atoms with Gasteiger partial charge in [-0.25, -0.2) is 0 Å². The molecule has 4 bridgehead atoms. The fourth-order valence-corrected chi connectivity index (χ4v) is 7.09. The molecule has 0 unspecified atom stereocenters. The third kappa shape index (κ3) is 3.69. The van der Waals surface area contributed by atoms with Gasteiger partial charge in [0, 0.05) is 0 Å². The number of carbonyl (C=O) groups is 1. The molecule has 4 heteroatoms. The second-order valence-electron chi connectivity index (χ2n) is 11.2. The molecule has 4 nitrogen and oxygen atoms in total. The molecule has 6 rings (SSSR count). The molecule has 0 spiro atoms. The van der Waals surface area contributed by atoms with Crippen molar-refractivity contribution in [3.8, 4) is 5.75 Å². The van der Waals surface area contributed by atoms with E-state index in [1.54, 1.807) is 0 Å². The minimum atomic E-state index is 0.120. The summed E-state index contributed by atoms with van der Waals surface area (Å²) in [5.74, 6) is 3.88. The van der Waals surface area contributed by atoms with Crippen LogP contribution in [-0.2, 0) is 10.2 Å². The van der Waals surface area contributed by atoms with Crippen molar-refractivity contribution in [2.75, 3.05) is 46.9 Å². The Morgan fingerprint density at radius 3 is 2.21 bits per heavy atom. The molecule has 1 aliphatic heterocycles. The summed E-state index contributed by atoms with van der Waals surface area (Å²) < 4.78 is 6.98. The smallest absolute Gasteiger partial charge is 0.260 e. The van der Waals surface area contributed by atoms with Crippen LogP contribution in [0, 0.1) is 24.7 Å². The van der Waals surface area contributed by atoms with E-state index in [0.29, 0.717) is 5.41 Å². The highest BCUT2D eigenvalue weighted by atomic mass is 16.5. The third-order valence-electron chi connectivity index (χ3n) is 8.48. The van der Waals surface area contributed by atoms with E-state index in [9.17, 15) is 4.79 Å². The number of likely N-dealkylation sites (N-methyl/N-ethyl adjacent to an activating group) is 1. The lowest BCUT2D eigenvalue weighted by Gasteiger charge is -2.57. The first-order valence-corrected chi connectivity index (χ1v) is 11.7. The zero-order valence-corrected chi connectivity index (χ0v) is 18.5. The number of rotatable bonds is 4. The zero-order valence-electron chi connectivity index (χ0n) is 18.5. The number of ether oxygens (including phenoxy) is 1. The van der Waals surface area contributed by atoms with E-state index in [2.05, 4.69) is 39.2 Å². The topological polar surface area (TPSA) is 29.5 Å². The average molecular weight is 398 g/mol. The van der Waals surface area contributed by atoms with Gasteiger partial charge in [0.2, 0.25) is 0 Å². The van der Waals surface area contributed by atoms with Crippen molar-refractivity contribution in [2.24, 2.45) is 17.8 Å². The number of quaternary nitrogens is 1. The van der Waals surface area contributed by atoms with Crippen molar-refractivity contribution >= 4 is 5.91 Å². The maximum absolute atomic E-state index is 12.6. The molecule has 0 N–H and O–H groups in total. The number of nitrogens with zero attached hydrogens (tertiary/aromatic N) is 2. The normalized spacial score (nSPS) is 35.0. The molecule has 1 amide bonds. The van der Waals surface area contributed by atoms with Crippen molar-refractivity contribution in [3.63, 3.8) is 0 Å². The Morgan fingerprint density at radius 2 is 1.66 bits per heavy atom. The van der Waals surface area contributed by atoms with Crippen molar-refractivity contribution in [3.05, 3.63) is 29.3 Å². The van der Waals surface area contributed by atoms with Gasteiger partial charge in [0.25, 0.3) is 5.91 Å². The molecule has 158 valence electrons. The number of hydrogen-bond donors (Lipinski definition) is 0. The number of amides is 1. The van der Waals surface area contributed by atoms with Gasteiger partial charge >= 0.3 is 0 Å². The average Bonchev–Trinajstić information content (AvgIpc) is 2.65. The summed E-state index contributed by atoms with van der Waals surface area (Å²) in [7, 11) is 4.46. The highest BCUT2D eigenvalue weighted by Gasteiger charge is 2.51. The first kappa shape index (κ1) is 19.4. The molecule has 29 heavy (non-hydrogen) atoms. The lowest BCUT2D eigenvalue weighted by molar-refractivity contribution is -0.894. The Labute approximate surface area is 175 Å². The Bertz CT molecular complexity index is 755. The van der Waals surface area contributed by atoms with E-state index in [-0.39, 0.29) is 12.5 Å². The molecule has 5 aliphatic rings. The van der Waals surface area contributed by atoms with E-state index in [4.69, 9.17) is 4.74 Å². The Balaban J connectivity index is 1.23. The number of hydrogen-bond acceptors (Lipinski definition) is 2. The molecule has 1 aromatic carbocycles. The van der Waals surface area contributed by atoms with Crippen LogP contribution in [0.2, 0.25) is 0 Å². The molecule has 0 aromatic heterocycles. The van der Waals surface area contributed by atoms with E-state index >= 15 is 0 Å². The molecule has 4 aliphatic carbocycles. The fourth-order valence-electron chi connectivity index (χ4n) is 7.09. The summed E-state index contributed by atoms with van der Waals surface area (Å²) in [6, 6.07) is 6.81. The molecule has 1 aromatic rings. The summed E-state index contributed by atoms with van der Waals surface area (Å²) in [5.41, 5.74) is 3.14. The SMILES string of the molecule is Cc1cc(C23CC4CC(CC(C4)C2)C3)ccc1OCC(=O)N1CC[N+](C)(C)CC1. The van der Waals surface area contributed by atoms with E-state index in [0.717, 1.165) is 54.2 Å².